The molecule has 8 nitrogen and oxygen atoms in total. The van der Waals surface area contributed by atoms with Gasteiger partial charge in [0, 0.05) is 10.2 Å². The number of H-pyrrole nitrogens is 1. The van der Waals surface area contributed by atoms with Gasteiger partial charge in [-0.25, -0.2) is 13.3 Å². The Morgan fingerprint density at radius 1 is 1.15 bits per heavy atom. The number of halogens is 1. The largest absolute Gasteiger partial charge is 0.504 e. The van der Waals surface area contributed by atoms with Gasteiger partial charge in [0.2, 0.25) is 9.84 Å². The van der Waals surface area contributed by atoms with Crippen LogP contribution in [0.3, 0.4) is 0 Å². The summed E-state index contributed by atoms with van der Waals surface area (Å²) in [5.41, 5.74) is -0.388. The Balaban J connectivity index is 2.32. The second-order valence-corrected chi connectivity index (χ2v) is 9.92. The molecule has 0 spiro atoms. The zero-order chi connectivity index (χ0) is 24.2. The Bertz CT molecular complexity index is 1440. The summed E-state index contributed by atoms with van der Waals surface area (Å²) in [5.74, 6) is -0.823. The average Bonchev–Trinajstić information content (AvgIpc) is 2.80. The van der Waals surface area contributed by atoms with E-state index in [2.05, 4.69) is 20.9 Å². The van der Waals surface area contributed by atoms with E-state index in [1.807, 2.05) is 19.2 Å². The second-order valence-electron chi connectivity index (χ2n) is 7.12. The monoisotopic (exact) mass is 526 g/mol. The summed E-state index contributed by atoms with van der Waals surface area (Å²) in [4.78, 5) is 15.4. The number of nitrogens with zero attached hydrogens (tertiary/aromatic N) is 3. The van der Waals surface area contributed by atoms with Crippen LogP contribution in [0.25, 0.3) is 0 Å². The van der Waals surface area contributed by atoms with Crippen LogP contribution in [-0.4, -0.2) is 18.5 Å². The highest BCUT2D eigenvalue weighted by atomic mass is 79.9. The van der Waals surface area contributed by atoms with Crippen molar-refractivity contribution in [3.8, 4) is 18.0 Å². The highest BCUT2D eigenvalue weighted by Gasteiger charge is 2.31. The number of anilines is 2. The molecule has 2 N–H and O–H groups in total. The molecule has 0 bridgehead atoms. The number of pyridine rings is 1. The lowest BCUT2D eigenvalue weighted by atomic mass is 10.1. The van der Waals surface area contributed by atoms with E-state index in [9.17, 15) is 28.8 Å². The SMILES string of the molecule is CCCCc1[nH]c(=O)c(S(=O)(=O)c2ccc(Br)cc2)c(O)c1N(C#N)c1cccc(C#N)c1. The maximum absolute atomic E-state index is 13.3. The summed E-state index contributed by atoms with van der Waals surface area (Å²) in [6.07, 6.45) is 3.61. The third kappa shape index (κ3) is 4.77. The zero-order valence-electron chi connectivity index (χ0n) is 17.5. The molecule has 1 heterocycles. The zero-order valence-corrected chi connectivity index (χ0v) is 19.9. The molecule has 1 aromatic heterocycles. The molecule has 0 fully saturated rings. The van der Waals surface area contributed by atoms with Gasteiger partial charge < -0.3 is 10.1 Å². The van der Waals surface area contributed by atoms with E-state index in [1.165, 1.54) is 30.3 Å². The first-order valence-electron chi connectivity index (χ1n) is 9.93. The number of hydrogen-bond donors (Lipinski definition) is 2. The molecule has 2 aromatic carbocycles. The highest BCUT2D eigenvalue weighted by molar-refractivity contribution is 9.10. The van der Waals surface area contributed by atoms with E-state index in [-0.39, 0.29) is 27.5 Å². The van der Waals surface area contributed by atoms with Crippen LogP contribution in [0, 0.1) is 22.8 Å². The van der Waals surface area contributed by atoms with Crippen LogP contribution in [0.5, 0.6) is 5.75 Å². The number of aromatic amines is 1. The highest BCUT2D eigenvalue weighted by Crippen LogP contribution is 2.40. The lowest BCUT2D eigenvalue weighted by Gasteiger charge is -2.22. The Hall–Kier alpha value is -3.60. The van der Waals surface area contributed by atoms with Gasteiger partial charge in [-0.2, -0.15) is 10.5 Å². The maximum Gasteiger partial charge on any atom is 0.271 e. The molecule has 0 amide bonds. The van der Waals surface area contributed by atoms with Gasteiger partial charge in [0.05, 0.1) is 22.2 Å². The van der Waals surface area contributed by atoms with Crippen LogP contribution in [0.15, 0.2) is 67.6 Å². The Morgan fingerprint density at radius 2 is 1.85 bits per heavy atom. The van der Waals surface area contributed by atoms with Crippen LogP contribution in [0.1, 0.15) is 31.0 Å². The molecule has 0 radical (unpaired) electrons. The fourth-order valence-corrected chi connectivity index (χ4v) is 4.96. The van der Waals surface area contributed by atoms with E-state index in [0.717, 1.165) is 11.3 Å². The van der Waals surface area contributed by atoms with Crippen LogP contribution < -0.4 is 10.5 Å². The summed E-state index contributed by atoms with van der Waals surface area (Å²) in [7, 11) is -4.42. The Morgan fingerprint density at radius 3 is 2.45 bits per heavy atom. The lowest BCUT2D eigenvalue weighted by molar-refractivity contribution is 0.455. The predicted octanol–water partition coefficient (Wildman–Crippen LogP) is 4.51. The molecule has 33 heavy (non-hydrogen) atoms. The molecule has 0 atom stereocenters. The van der Waals surface area contributed by atoms with E-state index >= 15 is 0 Å². The van der Waals surface area contributed by atoms with Gasteiger partial charge in [0.25, 0.3) is 5.56 Å². The van der Waals surface area contributed by atoms with Crippen LogP contribution in [0.4, 0.5) is 11.4 Å². The molecule has 3 rings (SSSR count). The Kier molecular flexibility index (Phi) is 7.22. The number of rotatable bonds is 7. The summed E-state index contributed by atoms with van der Waals surface area (Å²) < 4.78 is 27.2. The molecule has 0 unspecified atom stereocenters. The van der Waals surface area contributed by atoms with Crippen LogP contribution >= 0.6 is 15.9 Å². The van der Waals surface area contributed by atoms with E-state index in [1.54, 1.807) is 18.2 Å². The van der Waals surface area contributed by atoms with Crippen molar-refractivity contribution in [2.45, 2.75) is 36.0 Å². The van der Waals surface area contributed by atoms with Gasteiger partial charge in [-0.1, -0.05) is 35.3 Å². The number of nitrogens with one attached hydrogen (secondary N) is 1. The molecular weight excluding hydrogens is 508 g/mol. The normalized spacial score (nSPS) is 10.9. The van der Waals surface area contributed by atoms with Gasteiger partial charge >= 0.3 is 0 Å². The minimum absolute atomic E-state index is 0.142. The van der Waals surface area contributed by atoms with Gasteiger partial charge in [-0.3, -0.25) is 4.79 Å². The van der Waals surface area contributed by atoms with Crippen molar-refractivity contribution in [1.29, 1.82) is 10.5 Å². The van der Waals surface area contributed by atoms with Crippen molar-refractivity contribution in [3.05, 3.63) is 74.6 Å². The minimum Gasteiger partial charge on any atom is -0.504 e. The number of hydrogen-bond acceptors (Lipinski definition) is 7. The van der Waals surface area contributed by atoms with Crippen molar-refractivity contribution in [2.75, 3.05) is 4.90 Å². The minimum atomic E-state index is -4.42. The van der Waals surface area contributed by atoms with E-state index < -0.39 is 26.0 Å². The van der Waals surface area contributed by atoms with Crippen molar-refractivity contribution < 1.29 is 13.5 Å². The first kappa shape index (κ1) is 24.1. The molecular formula is C23H19BrN4O4S. The van der Waals surface area contributed by atoms with Gasteiger partial charge in [0.15, 0.2) is 16.8 Å². The van der Waals surface area contributed by atoms with Crippen molar-refractivity contribution in [3.63, 3.8) is 0 Å². The van der Waals surface area contributed by atoms with Crippen molar-refractivity contribution in [1.82, 2.24) is 4.98 Å². The second kappa shape index (κ2) is 9.90. The summed E-state index contributed by atoms with van der Waals surface area (Å²) in [5, 5.41) is 30.3. The van der Waals surface area contributed by atoms with Crippen LogP contribution in [0.2, 0.25) is 0 Å². The third-order valence-electron chi connectivity index (χ3n) is 4.93. The summed E-state index contributed by atoms with van der Waals surface area (Å²) in [6, 6.07) is 13.7. The molecule has 168 valence electrons. The molecule has 10 heteroatoms. The summed E-state index contributed by atoms with van der Waals surface area (Å²) >= 11 is 3.23. The fraction of sp³-hybridized carbons (Fsp3) is 0.174. The number of sulfone groups is 1. The van der Waals surface area contributed by atoms with Gasteiger partial charge in [-0.15, -0.1) is 0 Å². The molecule has 0 saturated heterocycles. The number of benzene rings is 2. The molecule has 0 saturated carbocycles. The van der Waals surface area contributed by atoms with Gasteiger partial charge in [0.1, 0.15) is 5.69 Å². The predicted molar refractivity (Wildman–Crippen MR) is 126 cm³/mol. The molecule has 0 aliphatic heterocycles. The molecule has 0 aliphatic rings. The van der Waals surface area contributed by atoms with Crippen molar-refractivity contribution in [2.24, 2.45) is 0 Å². The topological polar surface area (TPSA) is 138 Å². The number of aromatic nitrogens is 1. The third-order valence-corrected chi connectivity index (χ3v) is 7.26. The van der Waals surface area contributed by atoms with E-state index in [0.29, 0.717) is 17.3 Å². The number of aromatic hydroxyl groups is 1. The maximum atomic E-state index is 13.3. The smallest absolute Gasteiger partial charge is 0.271 e. The first-order valence-corrected chi connectivity index (χ1v) is 12.2. The quantitative estimate of drug-likeness (QED) is 0.341. The van der Waals surface area contributed by atoms with Crippen molar-refractivity contribution >= 4 is 37.1 Å². The summed E-state index contributed by atoms with van der Waals surface area (Å²) in [6.45, 7) is 1.93. The standard InChI is InChI=1S/C23H19BrN4O4S/c1-2-3-7-19-20(28(14-26)17-6-4-5-15(12-17)13-25)21(29)22(23(30)27-19)33(31,32)18-10-8-16(24)9-11-18/h4-6,8-12H,2-3,7H2,1H3,(H2,27,29,30). The average molecular weight is 527 g/mol. The van der Waals surface area contributed by atoms with Crippen LogP contribution in [-0.2, 0) is 16.3 Å². The molecule has 0 aliphatic carbocycles. The molecule has 3 aromatic rings. The number of nitriles is 2. The fourth-order valence-electron chi connectivity index (χ4n) is 3.32. The number of aryl methyl sites for hydroxylation is 1. The van der Waals surface area contributed by atoms with E-state index in [4.69, 9.17) is 0 Å². The Labute approximate surface area is 199 Å². The van der Waals surface area contributed by atoms with Gasteiger partial charge in [-0.05, 0) is 55.3 Å². The first-order chi connectivity index (χ1) is 15.7. The lowest BCUT2D eigenvalue weighted by Crippen LogP contribution is -2.23. The number of unbranched alkanes of at least 4 members (excludes halogenated alkanes) is 1.